The molecule has 1 atom stereocenters. The molecule has 3 N–H and O–H groups in total. The molecule has 1 unspecified atom stereocenters. The van der Waals surface area contributed by atoms with E-state index in [-0.39, 0.29) is 5.82 Å². The van der Waals surface area contributed by atoms with Crippen LogP contribution >= 0.6 is 11.3 Å². The monoisotopic (exact) mass is 483 g/mol. The Hall–Kier alpha value is -2.29. The zero-order chi connectivity index (χ0) is 23.7. The number of β-amino-alcohol motifs (C(OH)–C–C–N with tert-alkyl or cyclic N) is 1. The Bertz CT molecular complexity index is 1070. The summed E-state index contributed by atoms with van der Waals surface area (Å²) < 4.78 is 13.8. The van der Waals surface area contributed by atoms with E-state index in [1.807, 2.05) is 12.1 Å². The third kappa shape index (κ3) is 5.04. The van der Waals surface area contributed by atoms with Gasteiger partial charge in [0.25, 0.3) is 0 Å². The second kappa shape index (κ2) is 10.1. The fourth-order valence-corrected chi connectivity index (χ4v) is 6.27. The van der Waals surface area contributed by atoms with Gasteiger partial charge in [0.1, 0.15) is 17.9 Å². The van der Waals surface area contributed by atoms with Crippen molar-refractivity contribution in [3.05, 3.63) is 51.8 Å². The summed E-state index contributed by atoms with van der Waals surface area (Å²) in [5, 5.41) is 11.9. The van der Waals surface area contributed by atoms with Gasteiger partial charge >= 0.3 is 0 Å². The van der Waals surface area contributed by atoms with Gasteiger partial charge in [-0.15, -0.1) is 11.3 Å². The number of amidine groups is 1. The number of nitrogens with zero attached hydrogens (tertiary/aromatic N) is 4. The molecule has 3 aliphatic rings. The number of nitrogens with two attached hydrogens (primary N) is 1. The number of halogens is 1. The minimum atomic E-state index is -0.567. The molecule has 5 rings (SSSR count). The van der Waals surface area contributed by atoms with Gasteiger partial charge in [-0.3, -0.25) is 4.90 Å². The third-order valence-electron chi connectivity index (χ3n) is 7.35. The Labute approximate surface area is 205 Å². The largest absolute Gasteiger partial charge is 0.376 e. The highest BCUT2D eigenvalue weighted by atomic mass is 32.1. The van der Waals surface area contributed by atoms with Crippen LogP contribution in [0.4, 0.5) is 9.52 Å². The van der Waals surface area contributed by atoms with Crippen molar-refractivity contribution >= 4 is 28.0 Å². The minimum absolute atomic E-state index is 0.189. The van der Waals surface area contributed by atoms with Gasteiger partial charge in [0.2, 0.25) is 0 Å². The molecule has 0 saturated heterocycles. The normalized spacial score (nSPS) is 21.0. The first-order valence-electron chi connectivity index (χ1n) is 12.4. The summed E-state index contributed by atoms with van der Waals surface area (Å²) in [7, 11) is 0. The van der Waals surface area contributed by atoms with Crippen LogP contribution in [0.1, 0.15) is 53.8 Å². The van der Waals surface area contributed by atoms with E-state index in [0.29, 0.717) is 29.7 Å². The van der Waals surface area contributed by atoms with E-state index in [0.717, 1.165) is 61.6 Å². The molecule has 2 aromatic rings. The van der Waals surface area contributed by atoms with Crippen molar-refractivity contribution in [1.82, 2.24) is 14.8 Å². The first-order chi connectivity index (χ1) is 16.5. The first-order valence-corrected chi connectivity index (χ1v) is 13.3. The molecule has 1 aromatic carbocycles. The summed E-state index contributed by atoms with van der Waals surface area (Å²) in [5.74, 6) is 1.31. The maximum atomic E-state index is 13.8. The summed E-state index contributed by atoms with van der Waals surface area (Å²) in [6.45, 7) is 4.61. The second-order valence-electron chi connectivity index (χ2n) is 9.70. The van der Waals surface area contributed by atoms with E-state index in [1.165, 1.54) is 30.2 Å². The molecule has 0 amide bonds. The molecule has 1 aliphatic carbocycles. The van der Waals surface area contributed by atoms with Crippen LogP contribution in [0.15, 0.2) is 29.3 Å². The number of aryl methyl sites for hydroxylation is 1. The molecule has 34 heavy (non-hydrogen) atoms. The zero-order valence-electron chi connectivity index (χ0n) is 19.8. The number of aliphatic hydroxyl groups is 1. The summed E-state index contributed by atoms with van der Waals surface area (Å²) in [6.07, 6.45) is 9.23. The van der Waals surface area contributed by atoms with Crippen LogP contribution in [0.2, 0.25) is 0 Å². The lowest BCUT2D eigenvalue weighted by atomic mass is 9.87. The highest BCUT2D eigenvalue weighted by Crippen LogP contribution is 2.31. The van der Waals surface area contributed by atoms with E-state index >= 15 is 0 Å². The lowest BCUT2D eigenvalue weighted by Gasteiger charge is -2.38. The van der Waals surface area contributed by atoms with Crippen molar-refractivity contribution in [2.45, 2.75) is 58.1 Å². The molecular formula is C26H34FN5OS. The quantitative estimate of drug-likeness (QED) is 0.666. The van der Waals surface area contributed by atoms with Crippen molar-refractivity contribution in [1.29, 1.82) is 0 Å². The summed E-state index contributed by atoms with van der Waals surface area (Å²) >= 11 is 1.57. The molecule has 8 heteroatoms. The molecular weight excluding hydrogens is 449 g/mol. The van der Waals surface area contributed by atoms with Crippen molar-refractivity contribution in [2.24, 2.45) is 10.9 Å². The molecule has 0 bridgehead atoms. The Kier molecular flexibility index (Phi) is 6.99. The van der Waals surface area contributed by atoms with Gasteiger partial charge in [0, 0.05) is 42.4 Å². The smallest absolute Gasteiger partial charge is 0.180 e. The zero-order valence-corrected chi connectivity index (χ0v) is 20.7. The van der Waals surface area contributed by atoms with E-state index in [4.69, 9.17) is 10.7 Å². The van der Waals surface area contributed by atoms with Crippen LogP contribution in [0, 0.1) is 18.7 Å². The fraction of sp³-hybridized carbons (Fsp3) is 0.538. The number of hydrogen-bond donors (Lipinski definition) is 2. The van der Waals surface area contributed by atoms with Gasteiger partial charge in [0.15, 0.2) is 5.13 Å². The SMILES string of the molecule is Cc1cc(C2=CCN(CC(O)N3CCc4nc(N)sc4CC3)C(C3CCCCC3)=N2)ccc1F. The standard InChI is InChI=1S/C26H34FN5OS/c1-17-15-19(7-8-20(17)27)21-9-13-32(25(29-21)18-5-3-2-4-6-18)16-24(33)31-12-10-22-23(11-14-31)34-26(28)30-22/h7-9,15,18,24,33H,2-6,10-14,16H2,1H3,(H2,28,30). The second-order valence-corrected chi connectivity index (χ2v) is 10.8. The van der Waals surface area contributed by atoms with E-state index in [9.17, 15) is 9.50 Å². The van der Waals surface area contributed by atoms with Crippen LogP contribution in [0.3, 0.4) is 0 Å². The van der Waals surface area contributed by atoms with Crippen molar-refractivity contribution in [3.8, 4) is 0 Å². The highest BCUT2D eigenvalue weighted by molar-refractivity contribution is 7.15. The lowest BCUT2D eigenvalue weighted by molar-refractivity contribution is -0.00689. The molecule has 1 aromatic heterocycles. The minimum Gasteiger partial charge on any atom is -0.376 e. The average molecular weight is 484 g/mol. The average Bonchev–Trinajstić information content (AvgIpc) is 3.09. The van der Waals surface area contributed by atoms with Gasteiger partial charge in [-0.2, -0.15) is 0 Å². The van der Waals surface area contributed by atoms with Crippen LogP contribution in [0.5, 0.6) is 0 Å². The third-order valence-corrected chi connectivity index (χ3v) is 8.34. The summed E-state index contributed by atoms with van der Waals surface area (Å²) in [5.41, 5.74) is 9.47. The number of rotatable bonds is 5. The first kappa shape index (κ1) is 23.5. The topological polar surface area (TPSA) is 78.0 Å². The number of anilines is 1. The lowest BCUT2D eigenvalue weighted by Crippen LogP contribution is -2.49. The van der Waals surface area contributed by atoms with Crippen LogP contribution in [-0.2, 0) is 12.8 Å². The fourth-order valence-electron chi connectivity index (χ4n) is 5.41. The predicted octanol–water partition coefficient (Wildman–Crippen LogP) is 4.23. The van der Waals surface area contributed by atoms with Crippen LogP contribution in [-0.4, -0.2) is 58.1 Å². The molecule has 1 fully saturated rings. The Morgan fingerprint density at radius 2 is 2.00 bits per heavy atom. The van der Waals surface area contributed by atoms with E-state index in [2.05, 4.69) is 20.9 Å². The molecule has 0 radical (unpaired) electrons. The highest BCUT2D eigenvalue weighted by Gasteiger charge is 2.30. The predicted molar refractivity (Wildman–Crippen MR) is 136 cm³/mol. The maximum Gasteiger partial charge on any atom is 0.180 e. The number of nitrogen functional groups attached to an aromatic ring is 1. The number of aliphatic hydroxyl groups excluding tert-OH is 1. The molecule has 0 spiro atoms. The van der Waals surface area contributed by atoms with Crippen LogP contribution in [0.25, 0.3) is 5.70 Å². The molecule has 182 valence electrons. The summed E-state index contributed by atoms with van der Waals surface area (Å²) in [6, 6.07) is 5.22. The van der Waals surface area contributed by atoms with Gasteiger partial charge in [-0.1, -0.05) is 19.3 Å². The molecule has 2 aliphatic heterocycles. The van der Waals surface area contributed by atoms with E-state index < -0.39 is 6.23 Å². The maximum absolute atomic E-state index is 13.8. The van der Waals surface area contributed by atoms with Crippen LogP contribution < -0.4 is 5.73 Å². The Morgan fingerprint density at radius 3 is 2.79 bits per heavy atom. The number of fused-ring (bicyclic) bond motifs is 1. The van der Waals surface area contributed by atoms with Gasteiger partial charge in [-0.25, -0.2) is 14.4 Å². The molecule has 6 nitrogen and oxygen atoms in total. The number of aliphatic imine (C=N–C) groups is 1. The molecule has 1 saturated carbocycles. The van der Waals surface area contributed by atoms with Gasteiger partial charge in [-0.05, 0) is 56.0 Å². The van der Waals surface area contributed by atoms with Crippen molar-refractivity contribution < 1.29 is 9.50 Å². The van der Waals surface area contributed by atoms with Crippen molar-refractivity contribution in [2.75, 3.05) is 31.9 Å². The Balaban J connectivity index is 1.32. The van der Waals surface area contributed by atoms with E-state index in [1.54, 1.807) is 18.3 Å². The Morgan fingerprint density at radius 1 is 1.21 bits per heavy atom. The molecule has 3 heterocycles. The summed E-state index contributed by atoms with van der Waals surface area (Å²) in [4.78, 5) is 15.2. The van der Waals surface area contributed by atoms with Gasteiger partial charge in [0.05, 0.1) is 17.9 Å². The van der Waals surface area contributed by atoms with Crippen molar-refractivity contribution in [3.63, 3.8) is 0 Å². The number of benzene rings is 1. The number of hydrogen-bond acceptors (Lipinski definition) is 7. The number of thiazole rings is 1. The van der Waals surface area contributed by atoms with Gasteiger partial charge < -0.3 is 15.7 Å². The number of aromatic nitrogens is 1.